The van der Waals surface area contributed by atoms with Gasteiger partial charge in [0.15, 0.2) is 24.8 Å². The Morgan fingerprint density at radius 2 is 2.12 bits per heavy atom. The molecule has 1 amide bonds. The first-order chi connectivity index (χ1) is 11.7. The molecule has 1 aliphatic heterocycles. The van der Waals surface area contributed by atoms with E-state index in [1.54, 1.807) is 5.38 Å². The number of benzene rings is 1. The first-order valence-electron chi connectivity index (χ1n) is 7.14. The summed E-state index contributed by atoms with van der Waals surface area (Å²) in [6, 6.07) is 2.85. The molecular weight excluding hydrogens is 391 g/mol. The molecule has 0 spiro atoms. The molecule has 3 rings (SSSR count). The fourth-order valence-corrected chi connectivity index (χ4v) is 7.41. The lowest BCUT2D eigenvalue weighted by atomic mass is 10.2. The maximum absolute atomic E-state index is 14.0. The molecule has 0 aliphatic carbocycles. The van der Waals surface area contributed by atoms with Crippen LogP contribution in [0.2, 0.25) is 0 Å². The molecule has 1 atom stereocenters. The molecule has 0 radical (unpaired) electrons. The van der Waals surface area contributed by atoms with Gasteiger partial charge in [-0.2, -0.15) is 0 Å². The van der Waals surface area contributed by atoms with Gasteiger partial charge in [-0.05, 0) is 24.6 Å². The number of anilines is 1. The minimum Gasteiger partial charge on any atom is -0.298 e. The Hall–Kier alpha value is -1.85. The minimum absolute atomic E-state index is 0.0112. The summed E-state index contributed by atoms with van der Waals surface area (Å²) in [7, 11) is -7.38. The van der Waals surface area contributed by atoms with Crippen LogP contribution in [0.5, 0.6) is 0 Å². The number of nitrogens with one attached hydrogen (secondary N) is 1. The van der Waals surface area contributed by atoms with E-state index in [2.05, 4.69) is 10.3 Å². The van der Waals surface area contributed by atoms with Crippen molar-refractivity contribution in [2.75, 3.05) is 16.8 Å². The van der Waals surface area contributed by atoms with Gasteiger partial charge in [0, 0.05) is 11.6 Å². The SMILES string of the molecule is O=C(Nc1nccs1)c1cc(S(=O)(=O)[C@H]2CCS(=O)(=O)C2)ccc1F. The molecule has 0 bridgehead atoms. The maximum atomic E-state index is 14.0. The minimum atomic E-state index is -3.98. The average molecular weight is 404 g/mol. The summed E-state index contributed by atoms with van der Waals surface area (Å²) in [5.74, 6) is -2.38. The monoisotopic (exact) mass is 404 g/mol. The molecule has 2 heterocycles. The Kier molecular flexibility index (Phi) is 4.64. The molecule has 134 valence electrons. The standard InChI is InChI=1S/C14H13FN2O5S3/c15-12-2-1-9(25(21,22)10-3-6-24(19,20)8-10)7-11(12)13(18)17-14-16-4-5-23-14/h1-2,4-5,7,10H,3,6,8H2,(H,16,17,18)/t10-/m0/s1. The molecule has 11 heteroatoms. The molecule has 1 N–H and O–H groups in total. The van der Waals surface area contributed by atoms with Crippen LogP contribution in [0, 0.1) is 5.82 Å². The van der Waals surface area contributed by atoms with Crippen LogP contribution in [0.1, 0.15) is 16.8 Å². The van der Waals surface area contributed by atoms with E-state index in [9.17, 15) is 26.0 Å². The van der Waals surface area contributed by atoms with Gasteiger partial charge in [-0.3, -0.25) is 10.1 Å². The Bertz CT molecular complexity index is 1020. The molecule has 1 saturated heterocycles. The second-order valence-corrected chi connectivity index (χ2v) is 10.9. The largest absolute Gasteiger partial charge is 0.298 e. The third-order valence-corrected chi connectivity index (χ3v) is 8.65. The second-order valence-electron chi connectivity index (χ2n) is 5.50. The Balaban J connectivity index is 1.92. The van der Waals surface area contributed by atoms with Crippen LogP contribution in [0.4, 0.5) is 9.52 Å². The van der Waals surface area contributed by atoms with Crippen LogP contribution < -0.4 is 5.32 Å². The fraction of sp³-hybridized carbons (Fsp3) is 0.286. The van der Waals surface area contributed by atoms with Crippen molar-refractivity contribution in [3.8, 4) is 0 Å². The number of halogens is 1. The lowest BCUT2D eigenvalue weighted by Crippen LogP contribution is -2.23. The summed E-state index contributed by atoms with van der Waals surface area (Å²) in [4.78, 5) is 15.7. The maximum Gasteiger partial charge on any atom is 0.260 e. The van der Waals surface area contributed by atoms with E-state index in [1.807, 2.05) is 0 Å². The molecule has 1 aromatic carbocycles. The topological polar surface area (TPSA) is 110 Å². The van der Waals surface area contributed by atoms with Gasteiger partial charge in [0.1, 0.15) is 5.82 Å². The van der Waals surface area contributed by atoms with Gasteiger partial charge in [0.25, 0.3) is 5.91 Å². The normalized spacial score (nSPS) is 19.6. The van der Waals surface area contributed by atoms with Crippen molar-refractivity contribution in [1.29, 1.82) is 0 Å². The number of hydrogen-bond donors (Lipinski definition) is 1. The fourth-order valence-electron chi connectivity index (χ4n) is 2.50. The zero-order valence-electron chi connectivity index (χ0n) is 12.7. The Labute approximate surface area is 147 Å². The van der Waals surface area contributed by atoms with E-state index in [-0.39, 0.29) is 22.2 Å². The van der Waals surface area contributed by atoms with Crippen LogP contribution in [0.25, 0.3) is 0 Å². The highest BCUT2D eigenvalue weighted by atomic mass is 32.2. The van der Waals surface area contributed by atoms with Crippen molar-refractivity contribution in [3.63, 3.8) is 0 Å². The molecule has 0 unspecified atom stereocenters. The third kappa shape index (κ3) is 3.72. The number of thiazole rings is 1. The highest BCUT2D eigenvalue weighted by molar-refractivity contribution is 7.96. The van der Waals surface area contributed by atoms with Gasteiger partial charge in [-0.15, -0.1) is 11.3 Å². The molecule has 1 fully saturated rings. The summed E-state index contributed by atoms with van der Waals surface area (Å²) in [6.45, 7) is 0. The van der Waals surface area contributed by atoms with Crippen molar-refractivity contribution in [2.45, 2.75) is 16.6 Å². The number of hydrogen-bond acceptors (Lipinski definition) is 7. The molecule has 1 aromatic heterocycles. The average Bonchev–Trinajstić information content (AvgIpc) is 3.16. The highest BCUT2D eigenvalue weighted by Crippen LogP contribution is 2.27. The number of nitrogens with zero attached hydrogens (tertiary/aromatic N) is 1. The van der Waals surface area contributed by atoms with Crippen molar-refractivity contribution in [1.82, 2.24) is 4.98 Å². The van der Waals surface area contributed by atoms with Gasteiger partial charge in [0.2, 0.25) is 0 Å². The summed E-state index contributed by atoms with van der Waals surface area (Å²) >= 11 is 1.13. The number of aromatic nitrogens is 1. The molecule has 2 aromatic rings. The van der Waals surface area contributed by atoms with Crippen LogP contribution in [-0.2, 0) is 19.7 Å². The Morgan fingerprint density at radius 3 is 2.72 bits per heavy atom. The van der Waals surface area contributed by atoms with Crippen molar-refractivity contribution >= 4 is 42.1 Å². The molecular formula is C14H13FN2O5S3. The number of carbonyl (C=O) groups is 1. The molecule has 7 nitrogen and oxygen atoms in total. The Morgan fingerprint density at radius 1 is 1.36 bits per heavy atom. The van der Waals surface area contributed by atoms with Crippen molar-refractivity contribution < 1.29 is 26.0 Å². The van der Waals surface area contributed by atoms with E-state index in [1.165, 1.54) is 6.20 Å². The van der Waals surface area contributed by atoms with Crippen LogP contribution in [0.3, 0.4) is 0 Å². The van der Waals surface area contributed by atoms with Gasteiger partial charge >= 0.3 is 0 Å². The van der Waals surface area contributed by atoms with E-state index >= 15 is 0 Å². The summed E-state index contributed by atoms with van der Waals surface area (Å²) in [5, 5.41) is 3.16. The zero-order chi connectivity index (χ0) is 18.2. The van der Waals surface area contributed by atoms with Gasteiger partial charge in [-0.25, -0.2) is 26.2 Å². The van der Waals surface area contributed by atoms with Gasteiger partial charge < -0.3 is 0 Å². The predicted octanol–water partition coefficient (Wildman–Crippen LogP) is 1.50. The molecule has 1 aliphatic rings. The number of carbonyl (C=O) groups excluding carboxylic acids is 1. The van der Waals surface area contributed by atoms with Crippen molar-refractivity contribution in [3.05, 3.63) is 41.2 Å². The van der Waals surface area contributed by atoms with E-state index < -0.39 is 48.0 Å². The highest BCUT2D eigenvalue weighted by Gasteiger charge is 2.38. The first-order valence-corrected chi connectivity index (χ1v) is 11.4. The molecule has 25 heavy (non-hydrogen) atoms. The lowest BCUT2D eigenvalue weighted by Gasteiger charge is -2.11. The number of rotatable bonds is 4. The predicted molar refractivity (Wildman–Crippen MR) is 90.7 cm³/mol. The zero-order valence-corrected chi connectivity index (χ0v) is 15.1. The quantitative estimate of drug-likeness (QED) is 0.773. The summed E-state index contributed by atoms with van der Waals surface area (Å²) in [6.07, 6.45) is 1.45. The van der Waals surface area contributed by atoms with Crippen LogP contribution in [-0.4, -0.2) is 44.5 Å². The van der Waals surface area contributed by atoms with E-state index in [0.29, 0.717) is 0 Å². The summed E-state index contributed by atoms with van der Waals surface area (Å²) in [5.41, 5.74) is -0.447. The lowest BCUT2D eigenvalue weighted by molar-refractivity contribution is 0.102. The van der Waals surface area contributed by atoms with Gasteiger partial charge in [-0.1, -0.05) is 0 Å². The van der Waals surface area contributed by atoms with Crippen molar-refractivity contribution in [2.24, 2.45) is 0 Å². The second kappa shape index (κ2) is 6.46. The smallest absolute Gasteiger partial charge is 0.260 e. The first kappa shape index (κ1) is 18.0. The summed E-state index contributed by atoms with van der Waals surface area (Å²) < 4.78 is 62.2. The van der Waals surface area contributed by atoms with E-state index in [0.717, 1.165) is 29.5 Å². The molecule has 0 saturated carbocycles. The third-order valence-electron chi connectivity index (χ3n) is 3.79. The van der Waals surface area contributed by atoms with Crippen LogP contribution >= 0.6 is 11.3 Å². The van der Waals surface area contributed by atoms with Gasteiger partial charge in [0.05, 0.1) is 27.2 Å². The van der Waals surface area contributed by atoms with Crippen LogP contribution in [0.15, 0.2) is 34.7 Å². The number of sulfone groups is 2. The number of amides is 1. The van der Waals surface area contributed by atoms with E-state index in [4.69, 9.17) is 0 Å².